The second kappa shape index (κ2) is 4.05. The Balaban J connectivity index is 1.78. The second-order valence-corrected chi connectivity index (χ2v) is 7.38. The maximum Gasteiger partial charge on any atom is 0.335 e. The van der Waals surface area contributed by atoms with Crippen molar-refractivity contribution in [3.63, 3.8) is 0 Å². The molecule has 4 nitrogen and oxygen atoms in total. The Bertz CT molecular complexity index is 389. The number of carbonyl (C=O) groups is 2. The highest BCUT2D eigenvalue weighted by Gasteiger charge is 2.55. The Kier molecular flexibility index (Phi) is 2.79. The number of aliphatic carboxylic acids is 1. The summed E-state index contributed by atoms with van der Waals surface area (Å²) in [6, 6.07) is 0. The Labute approximate surface area is 113 Å². The van der Waals surface area contributed by atoms with Crippen LogP contribution in [0.5, 0.6) is 0 Å². The molecule has 0 aliphatic heterocycles. The predicted octanol–water partition coefficient (Wildman–Crippen LogP) is 2.00. The zero-order valence-electron chi connectivity index (χ0n) is 11.4. The van der Waals surface area contributed by atoms with Gasteiger partial charge in [0, 0.05) is 11.8 Å². The van der Waals surface area contributed by atoms with Crippen LogP contribution in [-0.4, -0.2) is 27.6 Å². The lowest BCUT2D eigenvalue weighted by Gasteiger charge is -2.56. The standard InChI is InChI=1S/C15H22O4/c1-14(19,13(17)18)8-12(16)15-5-9-2-10(6-15)4-11(3-9)7-15/h9-11,19H,2-8H2,1H3,(H,17,18). The van der Waals surface area contributed by atoms with Gasteiger partial charge in [0.2, 0.25) is 0 Å². The first kappa shape index (κ1) is 13.1. The summed E-state index contributed by atoms with van der Waals surface area (Å²) in [4.78, 5) is 23.6. The number of ketones is 1. The van der Waals surface area contributed by atoms with Crippen molar-refractivity contribution in [2.24, 2.45) is 23.2 Å². The summed E-state index contributed by atoms with van der Waals surface area (Å²) in [7, 11) is 0. The topological polar surface area (TPSA) is 74.6 Å². The van der Waals surface area contributed by atoms with Crippen molar-refractivity contribution >= 4 is 11.8 Å². The van der Waals surface area contributed by atoms with Gasteiger partial charge in [-0.05, 0) is 63.2 Å². The highest BCUT2D eigenvalue weighted by atomic mass is 16.4. The molecule has 0 aromatic rings. The lowest BCUT2D eigenvalue weighted by Crippen LogP contribution is -2.52. The number of carboxylic acid groups (broad SMARTS) is 1. The molecule has 4 bridgehead atoms. The molecule has 19 heavy (non-hydrogen) atoms. The van der Waals surface area contributed by atoms with Gasteiger partial charge in [0.15, 0.2) is 5.60 Å². The lowest BCUT2D eigenvalue weighted by molar-refractivity contribution is -0.164. The third kappa shape index (κ3) is 2.10. The van der Waals surface area contributed by atoms with Crippen molar-refractivity contribution in [1.29, 1.82) is 0 Å². The Morgan fingerprint density at radius 1 is 1.11 bits per heavy atom. The molecule has 106 valence electrons. The molecule has 0 amide bonds. The minimum absolute atomic E-state index is 0.0148. The third-order valence-corrected chi connectivity index (χ3v) is 5.60. The monoisotopic (exact) mass is 266 g/mol. The van der Waals surface area contributed by atoms with Crippen molar-refractivity contribution in [3.05, 3.63) is 0 Å². The molecule has 0 heterocycles. The molecule has 4 aliphatic rings. The van der Waals surface area contributed by atoms with Crippen LogP contribution in [-0.2, 0) is 9.59 Å². The quantitative estimate of drug-likeness (QED) is 0.816. The van der Waals surface area contributed by atoms with Crippen molar-refractivity contribution in [1.82, 2.24) is 0 Å². The van der Waals surface area contributed by atoms with Gasteiger partial charge in [0.25, 0.3) is 0 Å². The predicted molar refractivity (Wildman–Crippen MR) is 68.5 cm³/mol. The van der Waals surface area contributed by atoms with Crippen LogP contribution in [0.3, 0.4) is 0 Å². The van der Waals surface area contributed by atoms with Gasteiger partial charge in [-0.25, -0.2) is 4.79 Å². The summed E-state index contributed by atoms with van der Waals surface area (Å²) in [5.41, 5.74) is -2.23. The van der Waals surface area contributed by atoms with Gasteiger partial charge >= 0.3 is 5.97 Å². The van der Waals surface area contributed by atoms with Crippen LogP contribution in [0.1, 0.15) is 51.9 Å². The van der Waals surface area contributed by atoms with Gasteiger partial charge in [-0.2, -0.15) is 0 Å². The molecule has 4 heteroatoms. The highest BCUT2D eigenvalue weighted by Crippen LogP contribution is 2.60. The highest BCUT2D eigenvalue weighted by molar-refractivity contribution is 5.91. The summed E-state index contributed by atoms with van der Waals surface area (Å²) in [6.45, 7) is 1.23. The first-order chi connectivity index (χ1) is 8.81. The molecule has 0 spiro atoms. The summed E-state index contributed by atoms with van der Waals surface area (Å²) < 4.78 is 0. The fourth-order valence-corrected chi connectivity index (χ4v) is 5.03. The first-order valence-corrected chi connectivity index (χ1v) is 7.30. The van der Waals surface area contributed by atoms with E-state index in [1.807, 2.05) is 0 Å². The number of hydrogen-bond donors (Lipinski definition) is 2. The van der Waals surface area contributed by atoms with Crippen LogP contribution in [0.25, 0.3) is 0 Å². The van der Waals surface area contributed by atoms with E-state index in [9.17, 15) is 14.7 Å². The average Bonchev–Trinajstić information content (AvgIpc) is 2.26. The van der Waals surface area contributed by atoms with Crippen LogP contribution in [0.15, 0.2) is 0 Å². The Morgan fingerprint density at radius 3 is 1.89 bits per heavy atom. The van der Waals surface area contributed by atoms with Crippen molar-refractivity contribution in [2.45, 2.75) is 57.5 Å². The van der Waals surface area contributed by atoms with Gasteiger partial charge in [0.1, 0.15) is 5.78 Å². The van der Waals surface area contributed by atoms with E-state index in [0.29, 0.717) is 17.8 Å². The second-order valence-electron chi connectivity index (χ2n) is 7.38. The minimum atomic E-state index is -1.92. The van der Waals surface area contributed by atoms with E-state index in [4.69, 9.17) is 5.11 Å². The van der Waals surface area contributed by atoms with Crippen LogP contribution in [0.2, 0.25) is 0 Å². The first-order valence-electron chi connectivity index (χ1n) is 7.30. The molecule has 0 aromatic heterocycles. The van der Waals surface area contributed by atoms with E-state index < -0.39 is 11.6 Å². The van der Waals surface area contributed by atoms with Gasteiger partial charge in [-0.1, -0.05) is 0 Å². The summed E-state index contributed by atoms with van der Waals surface area (Å²) in [5.74, 6) is 0.657. The van der Waals surface area contributed by atoms with Gasteiger partial charge in [0.05, 0.1) is 0 Å². The molecule has 0 radical (unpaired) electrons. The third-order valence-electron chi connectivity index (χ3n) is 5.60. The molecule has 4 fully saturated rings. The molecular formula is C15H22O4. The van der Waals surface area contributed by atoms with E-state index in [2.05, 4.69) is 0 Å². The van der Waals surface area contributed by atoms with Crippen molar-refractivity contribution in [3.8, 4) is 0 Å². The molecule has 4 aliphatic carbocycles. The van der Waals surface area contributed by atoms with E-state index in [-0.39, 0.29) is 17.6 Å². The normalized spacial score (nSPS) is 42.9. The zero-order valence-corrected chi connectivity index (χ0v) is 11.4. The maximum absolute atomic E-state index is 12.6. The van der Waals surface area contributed by atoms with Crippen molar-refractivity contribution in [2.75, 3.05) is 0 Å². The summed E-state index contributed by atoms with van der Waals surface area (Å²) in [5, 5.41) is 18.8. The van der Waals surface area contributed by atoms with E-state index in [1.54, 1.807) is 0 Å². The smallest absolute Gasteiger partial charge is 0.335 e. The number of hydrogen-bond acceptors (Lipinski definition) is 3. The molecule has 1 atom stereocenters. The summed E-state index contributed by atoms with van der Waals surface area (Å²) >= 11 is 0. The number of carboxylic acids is 1. The molecule has 4 saturated carbocycles. The number of rotatable bonds is 4. The molecular weight excluding hydrogens is 244 g/mol. The van der Waals surface area contributed by atoms with Crippen LogP contribution in [0, 0.1) is 23.2 Å². The molecule has 4 rings (SSSR count). The van der Waals surface area contributed by atoms with Gasteiger partial charge in [-0.15, -0.1) is 0 Å². The fraction of sp³-hybridized carbons (Fsp3) is 0.867. The Hall–Kier alpha value is -0.900. The van der Waals surface area contributed by atoms with Crippen LogP contribution < -0.4 is 0 Å². The molecule has 1 unspecified atom stereocenters. The molecule has 0 aromatic carbocycles. The van der Waals surface area contributed by atoms with Crippen LogP contribution in [0.4, 0.5) is 0 Å². The number of carbonyl (C=O) groups excluding carboxylic acids is 1. The summed E-state index contributed by atoms with van der Waals surface area (Å²) in [6.07, 6.45) is 6.29. The van der Waals surface area contributed by atoms with Crippen LogP contribution >= 0.6 is 0 Å². The molecule has 2 N–H and O–H groups in total. The SMILES string of the molecule is CC(O)(CC(=O)C12CC3CC(CC(C3)C1)C2)C(=O)O. The lowest BCUT2D eigenvalue weighted by atomic mass is 9.48. The van der Waals surface area contributed by atoms with Gasteiger partial charge in [-0.3, -0.25) is 4.79 Å². The van der Waals surface area contributed by atoms with E-state index in [1.165, 1.54) is 26.2 Å². The van der Waals surface area contributed by atoms with E-state index in [0.717, 1.165) is 19.3 Å². The number of aliphatic hydroxyl groups is 1. The average molecular weight is 266 g/mol. The van der Waals surface area contributed by atoms with Crippen molar-refractivity contribution < 1.29 is 19.8 Å². The largest absolute Gasteiger partial charge is 0.479 e. The van der Waals surface area contributed by atoms with Gasteiger partial charge < -0.3 is 10.2 Å². The zero-order chi connectivity index (χ0) is 13.8. The number of Topliss-reactive ketones (excluding diaryl/α,β-unsaturated/α-hetero) is 1. The maximum atomic E-state index is 12.6. The molecule has 0 saturated heterocycles. The van der Waals surface area contributed by atoms with E-state index >= 15 is 0 Å². The Morgan fingerprint density at radius 2 is 1.53 bits per heavy atom. The minimum Gasteiger partial charge on any atom is -0.479 e. The fourth-order valence-electron chi connectivity index (χ4n) is 5.03.